The molecule has 0 aromatic rings. The van der Waals surface area contributed by atoms with Crippen molar-refractivity contribution in [3.8, 4) is 0 Å². The maximum absolute atomic E-state index is 2.34. The molecule has 0 radical (unpaired) electrons. The topological polar surface area (TPSA) is 0 Å². The van der Waals surface area contributed by atoms with Crippen LogP contribution in [-0.2, 0) is 0 Å². The molecule has 0 aliphatic heterocycles. The third-order valence-electron chi connectivity index (χ3n) is 3.33. The Balaban J connectivity index is 3.58. The van der Waals surface area contributed by atoms with E-state index in [1.165, 1.54) is 57.8 Å². The summed E-state index contributed by atoms with van der Waals surface area (Å²) in [6.07, 6.45) is 12.9. The second kappa shape index (κ2) is 10.5. The van der Waals surface area contributed by atoms with Crippen LogP contribution in [-0.4, -0.2) is 0 Å². The van der Waals surface area contributed by atoms with Crippen molar-refractivity contribution in [1.82, 2.24) is 0 Å². The van der Waals surface area contributed by atoms with Crippen molar-refractivity contribution in [1.29, 1.82) is 0 Å². The fraction of sp³-hybridized carbons (Fsp3) is 1.00. The molecule has 0 unspecified atom stereocenters. The van der Waals surface area contributed by atoms with Crippen molar-refractivity contribution in [2.75, 3.05) is 0 Å². The Morgan fingerprint density at radius 3 is 1.53 bits per heavy atom. The van der Waals surface area contributed by atoms with E-state index >= 15 is 0 Å². The first-order chi connectivity index (χ1) is 7.20. The summed E-state index contributed by atoms with van der Waals surface area (Å²) in [7, 11) is 0. The first-order valence-corrected chi connectivity index (χ1v) is 7.20. The molecule has 0 saturated carbocycles. The van der Waals surface area contributed by atoms with Gasteiger partial charge in [-0.3, -0.25) is 0 Å². The molecule has 0 bridgehead atoms. The van der Waals surface area contributed by atoms with E-state index in [1.54, 1.807) is 0 Å². The van der Waals surface area contributed by atoms with Crippen molar-refractivity contribution >= 4 is 0 Å². The molecule has 0 aliphatic rings. The smallest absolute Gasteiger partial charge is 0.0414 e. The number of hydrogen-bond donors (Lipinski definition) is 0. The van der Waals surface area contributed by atoms with E-state index in [0.717, 1.165) is 11.8 Å². The standard InChI is InChI=1S/C15H32/c1-5-7-11-15(12-8-6-2)13-9-10-14(3)4/h14-15H,5-13H2,1-4H3. The van der Waals surface area contributed by atoms with E-state index in [2.05, 4.69) is 27.7 Å². The van der Waals surface area contributed by atoms with Crippen LogP contribution in [0.1, 0.15) is 85.5 Å². The van der Waals surface area contributed by atoms with Gasteiger partial charge in [0.15, 0.2) is 0 Å². The zero-order chi connectivity index (χ0) is 11.5. The minimum Gasteiger partial charge on any atom is -0.0654 e. The van der Waals surface area contributed by atoms with E-state index in [4.69, 9.17) is 0 Å². The van der Waals surface area contributed by atoms with Crippen molar-refractivity contribution in [2.24, 2.45) is 11.8 Å². The summed E-state index contributed by atoms with van der Waals surface area (Å²) in [6, 6.07) is 0. The lowest BCUT2D eigenvalue weighted by molar-refractivity contribution is 0.368. The van der Waals surface area contributed by atoms with E-state index < -0.39 is 0 Å². The fourth-order valence-electron chi connectivity index (χ4n) is 2.23. The Labute approximate surface area is 97.8 Å². The highest BCUT2D eigenvalue weighted by Crippen LogP contribution is 2.23. The molecule has 0 aromatic carbocycles. The lowest BCUT2D eigenvalue weighted by Crippen LogP contribution is -2.01. The van der Waals surface area contributed by atoms with E-state index in [0.29, 0.717) is 0 Å². The van der Waals surface area contributed by atoms with Crippen LogP contribution in [0.5, 0.6) is 0 Å². The van der Waals surface area contributed by atoms with Gasteiger partial charge in [-0.1, -0.05) is 85.5 Å². The zero-order valence-corrected chi connectivity index (χ0v) is 11.5. The van der Waals surface area contributed by atoms with Gasteiger partial charge in [0, 0.05) is 0 Å². The molecule has 0 fully saturated rings. The third kappa shape index (κ3) is 10.3. The van der Waals surface area contributed by atoms with Crippen LogP contribution in [0, 0.1) is 11.8 Å². The van der Waals surface area contributed by atoms with Gasteiger partial charge in [0.2, 0.25) is 0 Å². The van der Waals surface area contributed by atoms with Gasteiger partial charge in [-0.25, -0.2) is 0 Å². The average molecular weight is 212 g/mol. The molecule has 0 aromatic heterocycles. The SMILES string of the molecule is CCCCC(CCCC)CCCC(C)C. The molecule has 0 spiro atoms. The van der Waals surface area contributed by atoms with Crippen LogP contribution >= 0.6 is 0 Å². The zero-order valence-electron chi connectivity index (χ0n) is 11.5. The van der Waals surface area contributed by atoms with Crippen LogP contribution in [0.25, 0.3) is 0 Å². The Morgan fingerprint density at radius 1 is 0.667 bits per heavy atom. The Hall–Kier alpha value is 0. The van der Waals surface area contributed by atoms with Crippen LogP contribution in [0.4, 0.5) is 0 Å². The van der Waals surface area contributed by atoms with Crippen LogP contribution in [0.2, 0.25) is 0 Å². The summed E-state index contributed by atoms with van der Waals surface area (Å²) in [4.78, 5) is 0. The molecule has 0 aliphatic carbocycles. The van der Waals surface area contributed by atoms with Crippen LogP contribution < -0.4 is 0 Å². The summed E-state index contributed by atoms with van der Waals surface area (Å²) in [5.41, 5.74) is 0. The van der Waals surface area contributed by atoms with Crippen LogP contribution in [0.3, 0.4) is 0 Å². The molecule has 0 saturated heterocycles. The first-order valence-electron chi connectivity index (χ1n) is 7.20. The highest BCUT2D eigenvalue weighted by atomic mass is 14.1. The second-order valence-corrected chi connectivity index (χ2v) is 5.48. The van der Waals surface area contributed by atoms with Crippen molar-refractivity contribution in [3.63, 3.8) is 0 Å². The Kier molecular flexibility index (Phi) is 10.5. The van der Waals surface area contributed by atoms with Gasteiger partial charge in [-0.05, 0) is 11.8 Å². The van der Waals surface area contributed by atoms with Gasteiger partial charge in [-0.15, -0.1) is 0 Å². The number of rotatable bonds is 10. The molecule has 0 rings (SSSR count). The van der Waals surface area contributed by atoms with Gasteiger partial charge >= 0.3 is 0 Å². The van der Waals surface area contributed by atoms with Crippen molar-refractivity contribution in [3.05, 3.63) is 0 Å². The normalized spacial score (nSPS) is 11.6. The molecular weight excluding hydrogens is 180 g/mol. The largest absolute Gasteiger partial charge is 0.0654 e. The minimum absolute atomic E-state index is 0.892. The van der Waals surface area contributed by atoms with Gasteiger partial charge < -0.3 is 0 Å². The lowest BCUT2D eigenvalue weighted by atomic mass is 9.90. The predicted octanol–water partition coefficient (Wildman–Crippen LogP) is 5.81. The predicted molar refractivity (Wildman–Crippen MR) is 71.2 cm³/mol. The molecule has 0 N–H and O–H groups in total. The van der Waals surface area contributed by atoms with Gasteiger partial charge in [0.1, 0.15) is 0 Å². The summed E-state index contributed by atoms with van der Waals surface area (Å²) in [6.45, 7) is 9.30. The summed E-state index contributed by atoms with van der Waals surface area (Å²) in [5.74, 6) is 1.92. The van der Waals surface area contributed by atoms with Crippen LogP contribution in [0.15, 0.2) is 0 Å². The molecular formula is C15H32. The monoisotopic (exact) mass is 212 g/mol. The maximum Gasteiger partial charge on any atom is -0.0414 e. The Morgan fingerprint density at radius 2 is 1.13 bits per heavy atom. The summed E-state index contributed by atoms with van der Waals surface area (Å²) < 4.78 is 0. The lowest BCUT2D eigenvalue weighted by Gasteiger charge is -2.16. The van der Waals surface area contributed by atoms with E-state index in [-0.39, 0.29) is 0 Å². The van der Waals surface area contributed by atoms with Gasteiger partial charge in [0.05, 0.1) is 0 Å². The maximum atomic E-state index is 2.34. The van der Waals surface area contributed by atoms with Gasteiger partial charge in [0.25, 0.3) is 0 Å². The van der Waals surface area contributed by atoms with Crippen molar-refractivity contribution in [2.45, 2.75) is 85.5 Å². The quantitative estimate of drug-likeness (QED) is 0.429. The number of hydrogen-bond acceptors (Lipinski definition) is 0. The minimum atomic E-state index is 0.892. The molecule has 92 valence electrons. The van der Waals surface area contributed by atoms with E-state index in [9.17, 15) is 0 Å². The fourth-order valence-corrected chi connectivity index (χ4v) is 2.23. The average Bonchev–Trinajstić information content (AvgIpc) is 2.20. The molecule has 0 heterocycles. The highest BCUT2D eigenvalue weighted by molar-refractivity contribution is 4.61. The number of unbranched alkanes of at least 4 members (excludes halogenated alkanes) is 2. The Bertz CT molecular complexity index is 107. The van der Waals surface area contributed by atoms with Gasteiger partial charge in [-0.2, -0.15) is 0 Å². The first kappa shape index (κ1) is 15.0. The highest BCUT2D eigenvalue weighted by Gasteiger charge is 2.07. The van der Waals surface area contributed by atoms with Crippen molar-refractivity contribution < 1.29 is 0 Å². The summed E-state index contributed by atoms with van der Waals surface area (Å²) >= 11 is 0. The van der Waals surface area contributed by atoms with E-state index in [1.807, 2.05) is 0 Å². The molecule has 0 nitrogen and oxygen atoms in total. The molecule has 15 heavy (non-hydrogen) atoms. The molecule has 0 heteroatoms. The molecule has 0 atom stereocenters. The summed E-state index contributed by atoms with van der Waals surface area (Å²) in [5, 5.41) is 0. The molecule has 0 amide bonds. The second-order valence-electron chi connectivity index (χ2n) is 5.48. The third-order valence-corrected chi connectivity index (χ3v) is 3.33.